The number of anilines is 1. The van der Waals surface area contributed by atoms with Gasteiger partial charge in [-0.1, -0.05) is 0 Å². The van der Waals surface area contributed by atoms with Gasteiger partial charge in [-0.05, 0) is 25.5 Å². The van der Waals surface area contributed by atoms with Crippen molar-refractivity contribution in [2.24, 2.45) is 0 Å². The molecule has 1 amide bonds. The Kier molecular flexibility index (Phi) is 3.91. The molecule has 0 saturated heterocycles. The molecule has 0 aromatic carbocycles. The molecule has 2 heterocycles. The van der Waals surface area contributed by atoms with Gasteiger partial charge in [0.1, 0.15) is 9.71 Å². The summed E-state index contributed by atoms with van der Waals surface area (Å²) in [6, 6.07) is 3.80. The molecule has 6 heteroatoms. The normalized spacial score (nSPS) is 12.1. The number of aromatic nitrogens is 1. The van der Waals surface area contributed by atoms with E-state index in [1.54, 1.807) is 18.1 Å². The van der Waals surface area contributed by atoms with Crippen LogP contribution in [0.1, 0.15) is 28.6 Å². The second-order valence-corrected chi connectivity index (χ2v) is 5.78. The summed E-state index contributed by atoms with van der Waals surface area (Å²) >= 11 is 1.30. The van der Waals surface area contributed by atoms with Crippen LogP contribution in [0.15, 0.2) is 12.3 Å². The average Bonchev–Trinajstić information content (AvgIpc) is 2.76. The summed E-state index contributed by atoms with van der Waals surface area (Å²) in [5, 5.41) is 9.57. The number of nitrogen functional groups attached to an aromatic ring is 1. The van der Waals surface area contributed by atoms with E-state index in [4.69, 9.17) is 11.0 Å². The van der Waals surface area contributed by atoms with Gasteiger partial charge >= 0.3 is 0 Å². The van der Waals surface area contributed by atoms with Crippen LogP contribution in [0, 0.1) is 18.3 Å². The average molecular weight is 288 g/mol. The van der Waals surface area contributed by atoms with Gasteiger partial charge in [-0.3, -0.25) is 4.79 Å². The Morgan fingerprint density at radius 3 is 2.95 bits per heavy atom. The first-order valence-corrected chi connectivity index (χ1v) is 7.06. The molecule has 104 valence electrons. The molecule has 2 aromatic rings. The van der Waals surface area contributed by atoms with Crippen molar-refractivity contribution in [3.63, 3.8) is 0 Å². The number of thiophene rings is 1. The van der Waals surface area contributed by atoms with E-state index < -0.39 is 0 Å². The first-order chi connectivity index (χ1) is 9.47. The van der Waals surface area contributed by atoms with Crippen molar-refractivity contribution in [2.45, 2.75) is 26.3 Å². The predicted octanol–water partition coefficient (Wildman–Crippen LogP) is 2.56. The van der Waals surface area contributed by atoms with E-state index in [0.29, 0.717) is 17.0 Å². The molecule has 0 aliphatic rings. The quantitative estimate of drug-likeness (QED) is 0.940. The molecule has 0 saturated carbocycles. The van der Waals surface area contributed by atoms with Crippen LogP contribution in [0.4, 0.5) is 5.69 Å². The highest BCUT2D eigenvalue weighted by Gasteiger charge is 2.23. The number of amides is 1. The molecule has 2 rings (SSSR count). The van der Waals surface area contributed by atoms with Crippen LogP contribution < -0.4 is 5.73 Å². The summed E-state index contributed by atoms with van der Waals surface area (Å²) in [4.78, 5) is 19.6. The molecule has 0 radical (unpaired) electrons. The van der Waals surface area contributed by atoms with E-state index >= 15 is 0 Å². The lowest BCUT2D eigenvalue weighted by molar-refractivity contribution is 0.0752. The second-order valence-electron chi connectivity index (χ2n) is 4.78. The number of carbonyl (C=O) groups excluding carboxylic acids is 1. The van der Waals surface area contributed by atoms with E-state index in [1.165, 1.54) is 11.3 Å². The molecule has 2 N–H and O–H groups in total. The van der Waals surface area contributed by atoms with Crippen molar-refractivity contribution in [3.05, 3.63) is 22.7 Å². The van der Waals surface area contributed by atoms with Crippen molar-refractivity contribution in [1.29, 1.82) is 5.26 Å². The number of rotatable bonds is 3. The fourth-order valence-corrected chi connectivity index (χ4v) is 3.11. The maximum Gasteiger partial charge on any atom is 0.266 e. The van der Waals surface area contributed by atoms with Gasteiger partial charge in [0.05, 0.1) is 18.2 Å². The van der Waals surface area contributed by atoms with Crippen LogP contribution in [-0.4, -0.2) is 28.9 Å². The van der Waals surface area contributed by atoms with Crippen LogP contribution >= 0.6 is 11.3 Å². The predicted molar refractivity (Wildman–Crippen MR) is 80.6 cm³/mol. The lowest BCUT2D eigenvalue weighted by atomic mass is 10.1. The fourth-order valence-electron chi connectivity index (χ4n) is 1.99. The maximum absolute atomic E-state index is 12.5. The van der Waals surface area contributed by atoms with Crippen molar-refractivity contribution in [2.75, 3.05) is 12.8 Å². The number of pyridine rings is 1. The molecule has 0 aliphatic heterocycles. The highest BCUT2D eigenvalue weighted by atomic mass is 32.1. The third-order valence-electron chi connectivity index (χ3n) is 3.40. The molecule has 0 spiro atoms. The smallest absolute Gasteiger partial charge is 0.266 e. The summed E-state index contributed by atoms with van der Waals surface area (Å²) in [7, 11) is 1.69. The Bertz CT molecular complexity index is 701. The Balaban J connectivity index is 2.44. The van der Waals surface area contributed by atoms with Gasteiger partial charge in [0.15, 0.2) is 0 Å². The van der Waals surface area contributed by atoms with E-state index in [-0.39, 0.29) is 11.9 Å². The molecular formula is C14H16N4OS. The van der Waals surface area contributed by atoms with Gasteiger partial charge < -0.3 is 10.6 Å². The van der Waals surface area contributed by atoms with E-state index in [9.17, 15) is 4.79 Å². The lowest BCUT2D eigenvalue weighted by Crippen LogP contribution is -2.34. The lowest BCUT2D eigenvalue weighted by Gasteiger charge is -2.22. The first kappa shape index (κ1) is 14.3. The van der Waals surface area contributed by atoms with Crippen molar-refractivity contribution in [1.82, 2.24) is 9.88 Å². The number of nitrogens with zero attached hydrogens (tertiary/aromatic N) is 3. The molecule has 0 fully saturated rings. The zero-order chi connectivity index (χ0) is 14.9. The van der Waals surface area contributed by atoms with Crippen LogP contribution in [0.3, 0.4) is 0 Å². The molecule has 0 aliphatic carbocycles. The number of aryl methyl sites for hydroxylation is 1. The Hall–Kier alpha value is -2.13. The topological polar surface area (TPSA) is 83.0 Å². The van der Waals surface area contributed by atoms with Crippen LogP contribution in [0.5, 0.6) is 0 Å². The Labute approximate surface area is 121 Å². The van der Waals surface area contributed by atoms with Gasteiger partial charge in [-0.2, -0.15) is 5.26 Å². The summed E-state index contributed by atoms with van der Waals surface area (Å²) in [5.41, 5.74) is 7.60. The highest BCUT2D eigenvalue weighted by Crippen LogP contribution is 2.35. The summed E-state index contributed by atoms with van der Waals surface area (Å²) in [6.07, 6.45) is 2.01. The largest absolute Gasteiger partial charge is 0.397 e. The number of nitriles is 1. The number of hydrogen-bond acceptors (Lipinski definition) is 5. The number of hydrogen-bond donors (Lipinski definition) is 1. The zero-order valence-electron chi connectivity index (χ0n) is 11.7. The third kappa shape index (κ3) is 2.32. The summed E-state index contributed by atoms with van der Waals surface area (Å²) in [6.45, 7) is 3.79. The zero-order valence-corrected chi connectivity index (χ0v) is 12.5. The minimum atomic E-state index is -0.160. The summed E-state index contributed by atoms with van der Waals surface area (Å²) < 4.78 is 0. The number of nitrogens with two attached hydrogens (primary N) is 1. The second kappa shape index (κ2) is 5.47. The van der Waals surface area contributed by atoms with Gasteiger partial charge in [0.2, 0.25) is 0 Å². The molecule has 1 unspecified atom stereocenters. The monoisotopic (exact) mass is 288 g/mol. The van der Waals surface area contributed by atoms with Crippen molar-refractivity contribution >= 4 is 33.1 Å². The highest BCUT2D eigenvalue weighted by molar-refractivity contribution is 7.21. The Morgan fingerprint density at radius 2 is 2.35 bits per heavy atom. The van der Waals surface area contributed by atoms with E-state index in [0.717, 1.165) is 15.8 Å². The fraction of sp³-hybridized carbons (Fsp3) is 0.357. The standard InChI is InChI=1S/C14H16N4OS/c1-8-5-7-17-13-10(8)11(16)12(20-13)14(19)18(3)9(2)4-6-15/h5,7,9H,4,16H2,1-3H3. The van der Waals surface area contributed by atoms with Crippen molar-refractivity contribution in [3.8, 4) is 6.07 Å². The van der Waals surface area contributed by atoms with Crippen molar-refractivity contribution < 1.29 is 4.79 Å². The molecule has 1 atom stereocenters. The van der Waals surface area contributed by atoms with Gasteiger partial charge in [-0.25, -0.2) is 4.98 Å². The number of carbonyl (C=O) groups is 1. The molecule has 0 bridgehead atoms. The SMILES string of the molecule is Cc1ccnc2sc(C(=O)N(C)C(C)CC#N)c(N)c12. The van der Waals surface area contributed by atoms with Crippen LogP contribution in [0.25, 0.3) is 10.2 Å². The Morgan fingerprint density at radius 1 is 1.65 bits per heavy atom. The maximum atomic E-state index is 12.5. The third-order valence-corrected chi connectivity index (χ3v) is 4.50. The van der Waals surface area contributed by atoms with E-state index in [1.807, 2.05) is 19.9 Å². The summed E-state index contributed by atoms with van der Waals surface area (Å²) in [5.74, 6) is -0.160. The molecular weight excluding hydrogens is 272 g/mol. The van der Waals surface area contributed by atoms with Crippen LogP contribution in [0.2, 0.25) is 0 Å². The van der Waals surface area contributed by atoms with Gasteiger partial charge in [0.25, 0.3) is 5.91 Å². The van der Waals surface area contributed by atoms with E-state index in [2.05, 4.69) is 11.1 Å². The molecule has 2 aromatic heterocycles. The van der Waals surface area contributed by atoms with Crippen LogP contribution in [-0.2, 0) is 0 Å². The minimum absolute atomic E-state index is 0.147. The first-order valence-electron chi connectivity index (χ1n) is 6.25. The molecule has 5 nitrogen and oxygen atoms in total. The van der Waals surface area contributed by atoms with Gasteiger partial charge in [-0.15, -0.1) is 11.3 Å². The minimum Gasteiger partial charge on any atom is -0.397 e. The number of fused-ring (bicyclic) bond motifs is 1. The van der Waals surface area contributed by atoms with Gasteiger partial charge in [0, 0.05) is 24.7 Å². The molecule has 20 heavy (non-hydrogen) atoms.